The molecule has 7 nitrogen and oxygen atoms in total. The first kappa shape index (κ1) is 14.5. The standard InChI is InChI=1S/C13H9ClN4O3S/c14-8-1-3-9(4-2-8)22(20,21)10-5-6-11-12(7-10)18(19)17-13(15)16-11/h1-7H,(H2,15,16,17). The zero-order chi connectivity index (χ0) is 15.9. The first-order valence-corrected chi connectivity index (χ1v) is 7.92. The molecule has 3 aromatic rings. The van der Waals surface area contributed by atoms with Crippen molar-refractivity contribution in [2.45, 2.75) is 9.79 Å². The summed E-state index contributed by atoms with van der Waals surface area (Å²) in [6.07, 6.45) is 0. The summed E-state index contributed by atoms with van der Waals surface area (Å²) in [4.78, 5) is 4.16. The fourth-order valence-electron chi connectivity index (χ4n) is 1.96. The lowest BCUT2D eigenvalue weighted by Crippen LogP contribution is -2.33. The lowest BCUT2D eigenvalue weighted by molar-refractivity contribution is -0.641. The molecule has 0 amide bonds. The van der Waals surface area contributed by atoms with Crippen molar-refractivity contribution in [1.29, 1.82) is 0 Å². The Morgan fingerprint density at radius 1 is 1.09 bits per heavy atom. The van der Waals surface area contributed by atoms with E-state index in [0.29, 0.717) is 5.02 Å². The minimum atomic E-state index is -3.77. The van der Waals surface area contributed by atoms with Crippen LogP contribution in [0.5, 0.6) is 0 Å². The van der Waals surface area contributed by atoms with Crippen LogP contribution in [0, 0.1) is 5.21 Å². The van der Waals surface area contributed by atoms with Crippen LogP contribution in [0.3, 0.4) is 0 Å². The highest BCUT2D eigenvalue weighted by Gasteiger charge is 2.20. The minimum absolute atomic E-state index is 0.0178. The fourth-order valence-corrected chi connectivity index (χ4v) is 3.37. The number of sulfone groups is 1. The number of benzene rings is 2. The Labute approximate surface area is 130 Å². The predicted molar refractivity (Wildman–Crippen MR) is 79.8 cm³/mol. The van der Waals surface area contributed by atoms with E-state index in [2.05, 4.69) is 10.1 Å². The highest BCUT2D eigenvalue weighted by atomic mass is 35.5. The van der Waals surface area contributed by atoms with Crippen molar-refractivity contribution < 1.29 is 13.3 Å². The second kappa shape index (κ2) is 5.08. The van der Waals surface area contributed by atoms with Crippen molar-refractivity contribution in [2.24, 2.45) is 0 Å². The first-order chi connectivity index (χ1) is 10.4. The summed E-state index contributed by atoms with van der Waals surface area (Å²) in [5.41, 5.74) is 5.66. The highest BCUT2D eigenvalue weighted by molar-refractivity contribution is 7.91. The van der Waals surface area contributed by atoms with Gasteiger partial charge in [-0.25, -0.2) is 13.4 Å². The third-order valence-corrected chi connectivity index (χ3v) is 5.03. The summed E-state index contributed by atoms with van der Waals surface area (Å²) < 4.78 is 25.1. The average molecular weight is 337 g/mol. The van der Waals surface area contributed by atoms with Gasteiger partial charge in [-0.15, -0.1) is 0 Å². The molecule has 0 aliphatic carbocycles. The molecule has 22 heavy (non-hydrogen) atoms. The molecule has 9 heteroatoms. The molecule has 2 aromatic carbocycles. The van der Waals surface area contributed by atoms with E-state index in [1.54, 1.807) is 0 Å². The maximum Gasteiger partial charge on any atom is 0.288 e. The van der Waals surface area contributed by atoms with E-state index in [9.17, 15) is 13.6 Å². The van der Waals surface area contributed by atoms with E-state index in [1.807, 2.05) is 0 Å². The lowest BCUT2D eigenvalue weighted by Gasteiger charge is -2.06. The molecule has 0 aliphatic heterocycles. The normalized spacial score (nSPS) is 11.7. The summed E-state index contributed by atoms with van der Waals surface area (Å²) in [7, 11) is -3.77. The van der Waals surface area contributed by atoms with Gasteiger partial charge in [0.05, 0.1) is 14.9 Å². The maximum atomic E-state index is 12.5. The smallest absolute Gasteiger partial charge is 0.288 e. The van der Waals surface area contributed by atoms with Gasteiger partial charge in [0.2, 0.25) is 9.84 Å². The highest BCUT2D eigenvalue weighted by Crippen LogP contribution is 2.24. The summed E-state index contributed by atoms with van der Waals surface area (Å²) in [5.74, 6) is -0.184. The fraction of sp³-hybridized carbons (Fsp3) is 0. The lowest BCUT2D eigenvalue weighted by atomic mass is 10.3. The Balaban J connectivity index is 2.19. The van der Waals surface area contributed by atoms with Crippen LogP contribution in [0.1, 0.15) is 0 Å². The van der Waals surface area contributed by atoms with Gasteiger partial charge in [0.15, 0.2) is 0 Å². The zero-order valence-corrected chi connectivity index (χ0v) is 12.5. The molecule has 112 valence electrons. The van der Waals surface area contributed by atoms with E-state index in [0.717, 1.165) is 0 Å². The van der Waals surface area contributed by atoms with Crippen LogP contribution >= 0.6 is 11.6 Å². The van der Waals surface area contributed by atoms with Gasteiger partial charge in [-0.3, -0.25) is 0 Å². The molecule has 0 bridgehead atoms. The van der Waals surface area contributed by atoms with Gasteiger partial charge in [0.25, 0.3) is 11.5 Å². The van der Waals surface area contributed by atoms with Crippen molar-refractivity contribution in [3.8, 4) is 0 Å². The molecule has 0 unspecified atom stereocenters. The summed E-state index contributed by atoms with van der Waals surface area (Å²) >= 11 is 5.75. The second-order valence-electron chi connectivity index (χ2n) is 4.45. The Bertz CT molecular complexity index is 974. The Morgan fingerprint density at radius 3 is 2.41 bits per heavy atom. The van der Waals surface area contributed by atoms with Gasteiger partial charge in [-0.2, -0.15) is 0 Å². The Morgan fingerprint density at radius 2 is 1.73 bits per heavy atom. The van der Waals surface area contributed by atoms with E-state index < -0.39 is 9.84 Å². The Kier molecular flexibility index (Phi) is 3.34. The number of nitrogens with two attached hydrogens (primary N) is 1. The molecule has 1 heterocycles. The van der Waals surface area contributed by atoms with Crippen molar-refractivity contribution in [2.75, 3.05) is 5.73 Å². The van der Waals surface area contributed by atoms with Crippen LogP contribution in [0.25, 0.3) is 11.0 Å². The Hall–Kier alpha value is -2.45. The third-order valence-electron chi connectivity index (χ3n) is 3.02. The molecule has 0 saturated carbocycles. The predicted octanol–water partition coefficient (Wildman–Crippen LogP) is 1.33. The van der Waals surface area contributed by atoms with Gasteiger partial charge in [0.1, 0.15) is 5.52 Å². The molecular formula is C13H9ClN4O3S. The third kappa shape index (κ3) is 2.42. The molecule has 3 rings (SSSR count). The molecule has 0 fully saturated rings. The monoisotopic (exact) mass is 336 g/mol. The van der Waals surface area contributed by atoms with Crippen molar-refractivity contribution in [3.05, 3.63) is 52.7 Å². The molecule has 2 N–H and O–H groups in total. The van der Waals surface area contributed by atoms with Crippen LogP contribution in [0.15, 0.2) is 52.3 Å². The number of anilines is 1. The van der Waals surface area contributed by atoms with E-state index in [-0.39, 0.29) is 31.6 Å². The van der Waals surface area contributed by atoms with Gasteiger partial charge < -0.3 is 10.9 Å². The molecule has 0 radical (unpaired) electrons. The van der Waals surface area contributed by atoms with Crippen molar-refractivity contribution in [3.63, 3.8) is 0 Å². The quantitative estimate of drug-likeness (QED) is 0.558. The number of aromatic nitrogens is 3. The number of nitrogen functional groups attached to an aromatic ring is 1. The molecular weight excluding hydrogens is 328 g/mol. The van der Waals surface area contributed by atoms with Gasteiger partial charge in [-0.1, -0.05) is 11.6 Å². The molecule has 0 aliphatic rings. The topological polar surface area (TPSA) is 113 Å². The van der Waals surface area contributed by atoms with Crippen molar-refractivity contribution >= 4 is 38.4 Å². The molecule has 1 aromatic heterocycles. The average Bonchev–Trinajstić information content (AvgIpc) is 2.47. The van der Waals surface area contributed by atoms with E-state index >= 15 is 0 Å². The summed E-state index contributed by atoms with van der Waals surface area (Å²) in [5, 5.41) is 15.6. The zero-order valence-electron chi connectivity index (χ0n) is 11.0. The van der Waals surface area contributed by atoms with Crippen LogP contribution < -0.4 is 10.6 Å². The van der Waals surface area contributed by atoms with Gasteiger partial charge >= 0.3 is 0 Å². The molecule has 0 atom stereocenters. The maximum absolute atomic E-state index is 12.5. The van der Waals surface area contributed by atoms with E-state index in [4.69, 9.17) is 17.3 Å². The first-order valence-electron chi connectivity index (χ1n) is 6.06. The number of nitrogens with zero attached hydrogens (tertiary/aromatic N) is 3. The summed E-state index contributed by atoms with van der Waals surface area (Å²) in [6.45, 7) is 0. The number of hydrogen-bond donors (Lipinski definition) is 1. The molecule has 0 spiro atoms. The van der Waals surface area contributed by atoms with Crippen LogP contribution in [-0.4, -0.2) is 18.5 Å². The number of rotatable bonds is 2. The van der Waals surface area contributed by atoms with Crippen LogP contribution in [-0.2, 0) is 9.84 Å². The SMILES string of the molecule is Nc1nc2ccc(S(=O)(=O)c3ccc(Cl)cc3)cc2[n+]([O-])n1. The minimum Gasteiger partial charge on any atom is -0.594 e. The largest absolute Gasteiger partial charge is 0.594 e. The number of fused-ring (bicyclic) bond motifs is 1. The van der Waals surface area contributed by atoms with Crippen LogP contribution in [0.4, 0.5) is 5.95 Å². The summed E-state index contributed by atoms with van der Waals surface area (Å²) in [6, 6.07) is 9.73. The van der Waals surface area contributed by atoms with E-state index in [1.165, 1.54) is 42.5 Å². The van der Waals surface area contributed by atoms with Crippen LogP contribution in [0.2, 0.25) is 5.02 Å². The van der Waals surface area contributed by atoms with Gasteiger partial charge in [-0.05, 0) is 41.2 Å². The number of halogens is 1. The van der Waals surface area contributed by atoms with Crippen molar-refractivity contribution in [1.82, 2.24) is 10.1 Å². The number of hydrogen-bond acceptors (Lipinski definition) is 6. The second-order valence-corrected chi connectivity index (χ2v) is 6.84. The molecule has 0 saturated heterocycles. The van der Waals surface area contributed by atoms with Gasteiger partial charge in [0, 0.05) is 11.1 Å².